The highest BCUT2D eigenvalue weighted by molar-refractivity contribution is 7.20. The van der Waals surface area contributed by atoms with Crippen LogP contribution < -0.4 is 10.2 Å². The van der Waals surface area contributed by atoms with E-state index in [0.717, 1.165) is 48.1 Å². The van der Waals surface area contributed by atoms with E-state index in [9.17, 15) is 4.79 Å². The highest BCUT2D eigenvalue weighted by atomic mass is 32.1. The zero-order chi connectivity index (χ0) is 20.3. The molecule has 156 valence electrons. The second kappa shape index (κ2) is 8.78. The second-order valence-corrected chi connectivity index (χ2v) is 9.75. The van der Waals surface area contributed by atoms with Crippen molar-refractivity contribution >= 4 is 27.3 Å². The molecular formula is C20H33N5O2S. The number of carbonyl (C=O) groups is 1. The van der Waals surface area contributed by atoms with Crippen LogP contribution in [0.15, 0.2) is 6.20 Å². The third-order valence-electron chi connectivity index (χ3n) is 5.01. The molecule has 1 aliphatic heterocycles. The molecule has 3 rings (SSSR count). The maximum Gasteiger partial charge on any atom is 0.223 e. The van der Waals surface area contributed by atoms with Crippen molar-refractivity contribution in [3.05, 3.63) is 11.9 Å². The quantitative estimate of drug-likeness (QED) is 0.714. The van der Waals surface area contributed by atoms with Crippen molar-refractivity contribution < 1.29 is 9.53 Å². The molecule has 0 bridgehead atoms. The van der Waals surface area contributed by atoms with Gasteiger partial charge in [-0.15, -0.1) is 5.10 Å². The van der Waals surface area contributed by atoms with Gasteiger partial charge in [-0.3, -0.25) is 4.79 Å². The summed E-state index contributed by atoms with van der Waals surface area (Å²) in [5.74, 6) is 0.270. The first-order valence-electron chi connectivity index (χ1n) is 10.2. The van der Waals surface area contributed by atoms with Crippen LogP contribution in [0.4, 0.5) is 5.13 Å². The minimum absolute atomic E-state index is 0.0280. The molecule has 28 heavy (non-hydrogen) atoms. The predicted molar refractivity (Wildman–Crippen MR) is 113 cm³/mol. The largest absolute Gasteiger partial charge is 0.379 e. The molecule has 1 aliphatic rings. The Hall–Kier alpha value is -1.67. The van der Waals surface area contributed by atoms with E-state index in [4.69, 9.17) is 14.8 Å². The Labute approximate surface area is 171 Å². The van der Waals surface area contributed by atoms with Gasteiger partial charge in [-0.2, -0.15) is 0 Å². The van der Waals surface area contributed by atoms with Crippen molar-refractivity contribution in [2.45, 2.75) is 65.4 Å². The number of hydrogen-bond acceptors (Lipinski definition) is 6. The normalized spacial score (nSPS) is 16.3. The van der Waals surface area contributed by atoms with Crippen molar-refractivity contribution in [2.24, 2.45) is 5.92 Å². The third-order valence-corrected chi connectivity index (χ3v) is 5.99. The lowest BCUT2D eigenvalue weighted by atomic mass is 9.93. The lowest BCUT2D eigenvalue weighted by molar-refractivity contribution is -0.125. The van der Waals surface area contributed by atoms with E-state index in [1.165, 1.54) is 0 Å². The Morgan fingerprint density at radius 3 is 2.68 bits per heavy atom. The molecule has 2 aromatic rings. The summed E-state index contributed by atoms with van der Waals surface area (Å²) in [6.45, 7) is 13.6. The summed E-state index contributed by atoms with van der Waals surface area (Å²) >= 11 is 1.62. The summed E-state index contributed by atoms with van der Waals surface area (Å²) in [5.41, 5.74) is 1.09. The predicted octanol–water partition coefficient (Wildman–Crippen LogP) is 3.24. The summed E-state index contributed by atoms with van der Waals surface area (Å²) < 4.78 is 7.39. The average Bonchev–Trinajstić information content (AvgIpc) is 3.20. The molecule has 1 fully saturated rings. The molecule has 0 atom stereocenters. The van der Waals surface area contributed by atoms with Crippen LogP contribution in [0.1, 0.15) is 59.6 Å². The maximum absolute atomic E-state index is 12.4. The van der Waals surface area contributed by atoms with Crippen molar-refractivity contribution in [1.82, 2.24) is 19.9 Å². The minimum Gasteiger partial charge on any atom is -0.379 e. The molecule has 2 aromatic heterocycles. The number of nitrogens with one attached hydrogen (secondary N) is 1. The van der Waals surface area contributed by atoms with Gasteiger partial charge in [0.2, 0.25) is 16.0 Å². The summed E-state index contributed by atoms with van der Waals surface area (Å²) in [5, 5.41) is 8.76. The van der Waals surface area contributed by atoms with Gasteiger partial charge >= 0.3 is 0 Å². The average molecular weight is 408 g/mol. The first-order chi connectivity index (χ1) is 13.2. The third kappa shape index (κ3) is 5.23. The van der Waals surface area contributed by atoms with Crippen LogP contribution in [0.5, 0.6) is 0 Å². The number of carbonyl (C=O) groups excluding carboxylic acids is 1. The zero-order valence-corrected chi connectivity index (χ0v) is 18.5. The fourth-order valence-corrected chi connectivity index (χ4v) is 4.19. The summed E-state index contributed by atoms with van der Waals surface area (Å²) in [6.07, 6.45) is 4.86. The Morgan fingerprint density at radius 2 is 2.07 bits per heavy atom. The van der Waals surface area contributed by atoms with Gasteiger partial charge in [-0.1, -0.05) is 32.1 Å². The molecule has 7 nitrogen and oxygen atoms in total. The number of amides is 1. The van der Waals surface area contributed by atoms with E-state index < -0.39 is 0 Å². The van der Waals surface area contributed by atoms with Crippen LogP contribution >= 0.6 is 11.3 Å². The summed E-state index contributed by atoms with van der Waals surface area (Å²) in [7, 11) is 0. The molecular weight excluding hydrogens is 374 g/mol. The standard InChI is InChI=1S/C20H33N5O2S/c1-14(2)27-12-6-9-21-17(26)15-7-10-24(11-8-15)19-23-25-13-16(20(3,4)5)22-18(25)28-19/h13-15H,6-12H2,1-5H3,(H,21,26). The first-order valence-corrected chi connectivity index (χ1v) is 11.1. The number of ether oxygens (including phenoxy) is 1. The lowest BCUT2D eigenvalue weighted by Gasteiger charge is -2.30. The number of imidazole rings is 1. The van der Waals surface area contributed by atoms with Crippen LogP contribution in [0.2, 0.25) is 0 Å². The van der Waals surface area contributed by atoms with Crippen LogP contribution in [0.25, 0.3) is 4.96 Å². The monoisotopic (exact) mass is 407 g/mol. The maximum atomic E-state index is 12.4. The van der Waals surface area contributed by atoms with Gasteiger partial charge in [0.05, 0.1) is 18.0 Å². The Morgan fingerprint density at radius 1 is 1.36 bits per heavy atom. The van der Waals surface area contributed by atoms with Crippen molar-refractivity contribution in [3.8, 4) is 0 Å². The van der Waals surface area contributed by atoms with Gasteiger partial charge in [0.1, 0.15) is 0 Å². The van der Waals surface area contributed by atoms with Crippen molar-refractivity contribution in [2.75, 3.05) is 31.1 Å². The number of piperidine rings is 1. The Bertz CT molecular complexity index is 753. The van der Waals surface area contributed by atoms with Crippen molar-refractivity contribution in [1.29, 1.82) is 0 Å². The van der Waals surface area contributed by atoms with Gasteiger partial charge < -0.3 is 15.0 Å². The number of aromatic nitrogens is 3. The molecule has 0 spiro atoms. The summed E-state index contributed by atoms with van der Waals surface area (Å²) in [6, 6.07) is 0. The van der Waals surface area contributed by atoms with Gasteiger partial charge in [0.25, 0.3) is 0 Å². The minimum atomic E-state index is 0.0280. The SMILES string of the molecule is CC(C)OCCCNC(=O)C1CCN(c2nn3cc(C(C)(C)C)nc3s2)CC1. The highest BCUT2D eigenvalue weighted by Gasteiger charge is 2.27. The van der Waals surface area contributed by atoms with Crippen LogP contribution in [0.3, 0.4) is 0 Å². The van der Waals surface area contributed by atoms with Crippen LogP contribution in [-0.2, 0) is 14.9 Å². The van der Waals surface area contributed by atoms with E-state index in [1.807, 2.05) is 24.6 Å². The van der Waals surface area contributed by atoms with Gasteiger partial charge in [0, 0.05) is 37.6 Å². The van der Waals surface area contributed by atoms with E-state index >= 15 is 0 Å². The smallest absolute Gasteiger partial charge is 0.223 e. The van der Waals surface area contributed by atoms with E-state index in [0.29, 0.717) is 13.2 Å². The number of nitrogens with zero attached hydrogens (tertiary/aromatic N) is 4. The van der Waals surface area contributed by atoms with Gasteiger partial charge in [-0.05, 0) is 33.1 Å². The second-order valence-electron chi connectivity index (χ2n) is 8.81. The molecule has 0 aromatic carbocycles. The molecule has 3 heterocycles. The van der Waals surface area contributed by atoms with Crippen molar-refractivity contribution in [3.63, 3.8) is 0 Å². The van der Waals surface area contributed by atoms with E-state index in [1.54, 1.807) is 11.3 Å². The molecule has 0 aliphatic carbocycles. The van der Waals surface area contributed by atoms with E-state index in [2.05, 4.69) is 31.0 Å². The van der Waals surface area contributed by atoms with Crippen LogP contribution in [0, 0.1) is 5.92 Å². The highest BCUT2D eigenvalue weighted by Crippen LogP contribution is 2.30. The molecule has 0 unspecified atom stereocenters. The number of fused-ring (bicyclic) bond motifs is 1. The Balaban J connectivity index is 1.46. The molecule has 0 saturated carbocycles. The number of hydrogen-bond donors (Lipinski definition) is 1. The molecule has 1 saturated heterocycles. The van der Waals surface area contributed by atoms with E-state index in [-0.39, 0.29) is 23.3 Å². The molecule has 1 N–H and O–H groups in total. The fraction of sp³-hybridized carbons (Fsp3) is 0.750. The summed E-state index contributed by atoms with van der Waals surface area (Å²) in [4.78, 5) is 20.3. The lowest BCUT2D eigenvalue weighted by Crippen LogP contribution is -2.41. The first kappa shape index (κ1) is 21.0. The molecule has 0 radical (unpaired) electrons. The Kier molecular flexibility index (Phi) is 6.60. The zero-order valence-electron chi connectivity index (χ0n) is 17.7. The molecule has 8 heteroatoms. The van der Waals surface area contributed by atoms with Gasteiger partial charge in [-0.25, -0.2) is 9.50 Å². The fourth-order valence-electron chi connectivity index (χ4n) is 3.26. The topological polar surface area (TPSA) is 71.8 Å². The number of anilines is 1. The van der Waals surface area contributed by atoms with Crippen LogP contribution in [-0.4, -0.2) is 52.9 Å². The number of rotatable bonds is 7. The van der Waals surface area contributed by atoms with Gasteiger partial charge in [0.15, 0.2) is 0 Å². The molecule has 1 amide bonds.